The van der Waals surface area contributed by atoms with Gasteiger partial charge < -0.3 is 10.6 Å². The number of aromatic nitrogens is 1. The molecule has 0 amide bonds. The first-order chi connectivity index (χ1) is 9.35. The average molecular weight is 288 g/mol. The monoisotopic (exact) mass is 288 g/mol. The van der Waals surface area contributed by atoms with Crippen LogP contribution in [-0.2, 0) is 0 Å². The van der Waals surface area contributed by atoms with Gasteiger partial charge in [0.05, 0.1) is 6.54 Å². The molecule has 20 heavy (non-hydrogen) atoms. The van der Waals surface area contributed by atoms with E-state index in [1.807, 2.05) is 24.0 Å². The fraction of sp³-hybridized carbons (Fsp3) is 0.615. The van der Waals surface area contributed by atoms with Crippen LogP contribution >= 0.6 is 0 Å². The number of alkyl halides is 3. The van der Waals surface area contributed by atoms with E-state index in [-0.39, 0.29) is 6.04 Å². The summed E-state index contributed by atoms with van der Waals surface area (Å²) in [5.74, 6) is 0.784. The van der Waals surface area contributed by atoms with Crippen LogP contribution in [0.15, 0.2) is 18.3 Å². The number of hydrogen-bond donors (Lipinski definition) is 1. The second-order valence-electron chi connectivity index (χ2n) is 5.11. The van der Waals surface area contributed by atoms with Gasteiger partial charge >= 0.3 is 6.18 Å². The van der Waals surface area contributed by atoms with E-state index < -0.39 is 12.7 Å². The number of rotatable bonds is 3. The Labute approximate surface area is 116 Å². The number of pyridine rings is 1. The van der Waals surface area contributed by atoms with Crippen molar-refractivity contribution in [2.75, 3.05) is 37.6 Å². The lowest BCUT2D eigenvalue weighted by Gasteiger charge is -2.35. The van der Waals surface area contributed by atoms with Gasteiger partial charge in [0.1, 0.15) is 5.82 Å². The molecule has 0 unspecified atom stereocenters. The Morgan fingerprint density at radius 3 is 2.50 bits per heavy atom. The smallest absolute Gasteiger partial charge is 0.354 e. The van der Waals surface area contributed by atoms with Crippen molar-refractivity contribution in [1.29, 1.82) is 0 Å². The van der Waals surface area contributed by atoms with Crippen molar-refractivity contribution in [2.24, 2.45) is 5.73 Å². The molecule has 0 saturated carbocycles. The number of anilines is 1. The minimum atomic E-state index is -4.13. The van der Waals surface area contributed by atoms with E-state index >= 15 is 0 Å². The summed E-state index contributed by atoms with van der Waals surface area (Å²) in [4.78, 5) is 7.70. The summed E-state index contributed by atoms with van der Waals surface area (Å²) in [7, 11) is 0. The van der Waals surface area contributed by atoms with Crippen LogP contribution in [0.25, 0.3) is 0 Å². The highest BCUT2D eigenvalue weighted by molar-refractivity contribution is 5.42. The Bertz CT molecular complexity index is 439. The van der Waals surface area contributed by atoms with Gasteiger partial charge in [-0.15, -0.1) is 0 Å². The van der Waals surface area contributed by atoms with Gasteiger partial charge in [0.25, 0.3) is 0 Å². The minimum absolute atomic E-state index is 0.0803. The van der Waals surface area contributed by atoms with Crippen molar-refractivity contribution in [1.82, 2.24) is 9.88 Å². The molecule has 1 aliphatic rings. The molecule has 1 fully saturated rings. The van der Waals surface area contributed by atoms with Gasteiger partial charge in [0.15, 0.2) is 0 Å². The number of hydrogen-bond acceptors (Lipinski definition) is 4. The van der Waals surface area contributed by atoms with E-state index in [1.165, 1.54) is 4.90 Å². The van der Waals surface area contributed by atoms with Gasteiger partial charge in [-0.25, -0.2) is 4.98 Å². The van der Waals surface area contributed by atoms with Gasteiger partial charge in [-0.05, 0) is 24.6 Å². The maximum Gasteiger partial charge on any atom is 0.401 e. The molecule has 1 aromatic heterocycles. The SMILES string of the molecule is C[C@H](N)c1ccnc(N2CCN(CC(F)(F)F)CC2)c1. The Hall–Kier alpha value is -1.34. The van der Waals surface area contributed by atoms with Crippen molar-refractivity contribution < 1.29 is 13.2 Å². The van der Waals surface area contributed by atoms with Gasteiger partial charge in [-0.2, -0.15) is 13.2 Å². The molecule has 2 heterocycles. The zero-order valence-corrected chi connectivity index (χ0v) is 11.4. The largest absolute Gasteiger partial charge is 0.401 e. The fourth-order valence-electron chi connectivity index (χ4n) is 2.28. The summed E-state index contributed by atoms with van der Waals surface area (Å²) in [5.41, 5.74) is 6.80. The summed E-state index contributed by atoms with van der Waals surface area (Å²) in [6.07, 6.45) is -2.44. The predicted octanol–water partition coefficient (Wildman–Crippen LogP) is 1.79. The maximum absolute atomic E-state index is 12.3. The van der Waals surface area contributed by atoms with Crippen LogP contribution in [-0.4, -0.2) is 48.8 Å². The average Bonchev–Trinajstić information content (AvgIpc) is 2.38. The highest BCUT2D eigenvalue weighted by atomic mass is 19.4. The third-order valence-electron chi connectivity index (χ3n) is 3.39. The highest BCUT2D eigenvalue weighted by Crippen LogP contribution is 2.21. The molecule has 112 valence electrons. The van der Waals surface area contributed by atoms with Crippen LogP contribution in [0.4, 0.5) is 19.0 Å². The van der Waals surface area contributed by atoms with Crippen LogP contribution < -0.4 is 10.6 Å². The zero-order valence-electron chi connectivity index (χ0n) is 11.4. The third kappa shape index (κ3) is 4.08. The molecule has 1 saturated heterocycles. The summed E-state index contributed by atoms with van der Waals surface area (Å²) in [5, 5.41) is 0. The van der Waals surface area contributed by atoms with Crippen LogP contribution in [0.1, 0.15) is 18.5 Å². The Morgan fingerprint density at radius 1 is 1.30 bits per heavy atom. The summed E-state index contributed by atoms with van der Waals surface area (Å²) < 4.78 is 37.0. The van der Waals surface area contributed by atoms with E-state index in [9.17, 15) is 13.2 Å². The minimum Gasteiger partial charge on any atom is -0.354 e. The first kappa shape index (κ1) is 15.1. The zero-order chi connectivity index (χ0) is 14.8. The molecule has 7 heteroatoms. The molecule has 0 spiro atoms. The Balaban J connectivity index is 1.95. The number of nitrogens with two attached hydrogens (primary N) is 1. The lowest BCUT2D eigenvalue weighted by molar-refractivity contribution is -0.146. The number of nitrogens with zero attached hydrogens (tertiary/aromatic N) is 3. The molecule has 0 aromatic carbocycles. The quantitative estimate of drug-likeness (QED) is 0.921. The van der Waals surface area contributed by atoms with Gasteiger partial charge in [0.2, 0.25) is 0 Å². The number of piperazine rings is 1. The Morgan fingerprint density at radius 2 is 1.95 bits per heavy atom. The third-order valence-corrected chi connectivity index (χ3v) is 3.39. The van der Waals surface area contributed by atoms with Crippen molar-refractivity contribution in [3.8, 4) is 0 Å². The van der Waals surface area contributed by atoms with Crippen LogP contribution in [0, 0.1) is 0 Å². The van der Waals surface area contributed by atoms with E-state index in [0.29, 0.717) is 26.2 Å². The van der Waals surface area contributed by atoms with Gasteiger partial charge in [-0.3, -0.25) is 4.90 Å². The fourth-order valence-corrected chi connectivity index (χ4v) is 2.28. The normalized spacial score (nSPS) is 19.1. The van der Waals surface area contributed by atoms with Crippen molar-refractivity contribution >= 4 is 5.82 Å². The van der Waals surface area contributed by atoms with Gasteiger partial charge in [0, 0.05) is 38.4 Å². The van der Waals surface area contributed by atoms with E-state index in [0.717, 1.165) is 11.4 Å². The second kappa shape index (κ2) is 5.97. The topological polar surface area (TPSA) is 45.4 Å². The molecule has 0 radical (unpaired) electrons. The van der Waals surface area contributed by atoms with E-state index in [4.69, 9.17) is 5.73 Å². The van der Waals surface area contributed by atoms with Crippen molar-refractivity contribution in [2.45, 2.75) is 19.1 Å². The predicted molar refractivity (Wildman–Crippen MR) is 71.5 cm³/mol. The molecule has 1 aromatic rings. The molecular formula is C13H19F3N4. The molecule has 2 N–H and O–H groups in total. The summed E-state index contributed by atoms with van der Waals surface area (Å²) in [6.45, 7) is 2.93. The first-order valence-electron chi connectivity index (χ1n) is 6.61. The molecule has 1 aliphatic heterocycles. The Kier molecular flexibility index (Phi) is 4.49. The molecule has 2 rings (SSSR count). The molecule has 1 atom stereocenters. The lowest BCUT2D eigenvalue weighted by atomic mass is 10.1. The van der Waals surface area contributed by atoms with Crippen molar-refractivity contribution in [3.05, 3.63) is 23.9 Å². The highest BCUT2D eigenvalue weighted by Gasteiger charge is 2.32. The van der Waals surface area contributed by atoms with Gasteiger partial charge in [-0.1, -0.05) is 0 Å². The summed E-state index contributed by atoms with van der Waals surface area (Å²) in [6, 6.07) is 3.68. The van der Waals surface area contributed by atoms with E-state index in [1.54, 1.807) is 6.20 Å². The standard InChI is InChI=1S/C13H19F3N4/c1-10(17)11-2-3-18-12(8-11)20-6-4-19(5-7-20)9-13(14,15)16/h2-3,8,10H,4-7,9,17H2,1H3/t10-/m0/s1. The van der Waals surface area contributed by atoms with E-state index in [2.05, 4.69) is 4.98 Å². The second-order valence-corrected chi connectivity index (χ2v) is 5.11. The molecule has 0 bridgehead atoms. The van der Waals surface area contributed by atoms with Crippen LogP contribution in [0.5, 0.6) is 0 Å². The summed E-state index contributed by atoms with van der Waals surface area (Å²) >= 11 is 0. The van der Waals surface area contributed by atoms with Crippen LogP contribution in [0.2, 0.25) is 0 Å². The number of halogens is 3. The molecule has 0 aliphatic carbocycles. The maximum atomic E-state index is 12.3. The molecular weight excluding hydrogens is 269 g/mol. The van der Waals surface area contributed by atoms with Crippen LogP contribution in [0.3, 0.4) is 0 Å². The lowest BCUT2D eigenvalue weighted by Crippen LogP contribution is -2.49. The van der Waals surface area contributed by atoms with Crippen molar-refractivity contribution in [3.63, 3.8) is 0 Å². The first-order valence-corrected chi connectivity index (χ1v) is 6.61. The molecule has 4 nitrogen and oxygen atoms in total.